The third-order valence-corrected chi connectivity index (χ3v) is 3.95. The van der Waals surface area contributed by atoms with Crippen LogP contribution in [-0.2, 0) is 20.9 Å². The Labute approximate surface area is 142 Å². The molecule has 0 spiro atoms. The first-order chi connectivity index (χ1) is 11.2. The molecule has 1 aromatic heterocycles. The van der Waals surface area contributed by atoms with Gasteiger partial charge in [-0.1, -0.05) is 5.16 Å². The maximum Gasteiger partial charge on any atom is 0.410 e. The number of carbonyl (C=O) groups excluding carboxylic acids is 2. The van der Waals surface area contributed by atoms with E-state index >= 15 is 0 Å². The van der Waals surface area contributed by atoms with Gasteiger partial charge in [-0.2, -0.15) is 0 Å². The summed E-state index contributed by atoms with van der Waals surface area (Å²) < 4.78 is 15.8. The second kappa shape index (κ2) is 7.23. The van der Waals surface area contributed by atoms with Crippen LogP contribution in [0.15, 0.2) is 4.52 Å². The fraction of sp³-hybridized carbons (Fsp3) is 0.706. The molecule has 2 rings (SSSR count). The standard InChI is InChI=1S/C17H26N2O5/c1-11-14(12(2)24-18-11)10-22-15(20)13-7-6-8-19(9-13)16(21)23-17(3,4)5/h13H,6-10H2,1-5H3/t13-/m1/s1. The normalized spacial score (nSPS) is 18.4. The molecule has 0 saturated carbocycles. The predicted molar refractivity (Wildman–Crippen MR) is 86.3 cm³/mol. The van der Waals surface area contributed by atoms with E-state index in [-0.39, 0.29) is 24.6 Å². The lowest BCUT2D eigenvalue weighted by atomic mass is 9.98. The van der Waals surface area contributed by atoms with Gasteiger partial charge < -0.3 is 18.9 Å². The zero-order valence-electron chi connectivity index (χ0n) is 15.0. The van der Waals surface area contributed by atoms with Crippen molar-refractivity contribution in [2.24, 2.45) is 5.92 Å². The van der Waals surface area contributed by atoms with Crippen molar-refractivity contribution in [2.45, 2.75) is 59.7 Å². The average Bonchev–Trinajstić information content (AvgIpc) is 2.82. The molecule has 1 amide bonds. The number of ether oxygens (including phenoxy) is 2. The summed E-state index contributed by atoms with van der Waals surface area (Å²) in [5.41, 5.74) is 0.968. The number of piperidine rings is 1. The summed E-state index contributed by atoms with van der Waals surface area (Å²) in [5.74, 6) is 0.0225. The van der Waals surface area contributed by atoms with Crippen molar-refractivity contribution >= 4 is 12.1 Å². The molecule has 1 fully saturated rings. The van der Waals surface area contributed by atoms with Crippen LogP contribution in [0.2, 0.25) is 0 Å². The van der Waals surface area contributed by atoms with Gasteiger partial charge in [0, 0.05) is 13.1 Å². The van der Waals surface area contributed by atoms with Crippen LogP contribution in [0.25, 0.3) is 0 Å². The Bertz CT molecular complexity index is 583. The molecule has 0 aromatic carbocycles. The Morgan fingerprint density at radius 2 is 2.04 bits per heavy atom. The van der Waals surface area contributed by atoms with Crippen LogP contribution in [0, 0.1) is 19.8 Å². The van der Waals surface area contributed by atoms with Crippen LogP contribution in [0.3, 0.4) is 0 Å². The quantitative estimate of drug-likeness (QED) is 0.788. The minimum atomic E-state index is -0.548. The van der Waals surface area contributed by atoms with Gasteiger partial charge in [-0.3, -0.25) is 4.79 Å². The van der Waals surface area contributed by atoms with E-state index in [1.165, 1.54) is 0 Å². The highest BCUT2D eigenvalue weighted by molar-refractivity contribution is 5.75. The highest BCUT2D eigenvalue weighted by Crippen LogP contribution is 2.21. The van der Waals surface area contributed by atoms with Crippen LogP contribution < -0.4 is 0 Å². The zero-order chi connectivity index (χ0) is 17.9. The van der Waals surface area contributed by atoms with E-state index in [0.717, 1.165) is 17.7 Å². The smallest absolute Gasteiger partial charge is 0.410 e. The number of rotatable bonds is 3. The van der Waals surface area contributed by atoms with Gasteiger partial charge in [-0.05, 0) is 47.5 Å². The summed E-state index contributed by atoms with van der Waals surface area (Å²) >= 11 is 0. The number of nitrogens with zero attached hydrogens (tertiary/aromatic N) is 2. The number of aromatic nitrogens is 1. The summed E-state index contributed by atoms with van der Waals surface area (Å²) in [7, 11) is 0. The van der Waals surface area contributed by atoms with Crippen LogP contribution in [0.1, 0.15) is 50.6 Å². The number of aryl methyl sites for hydroxylation is 2. The Balaban J connectivity index is 1.89. The fourth-order valence-corrected chi connectivity index (χ4v) is 2.63. The van der Waals surface area contributed by atoms with Gasteiger partial charge in [0.25, 0.3) is 0 Å². The van der Waals surface area contributed by atoms with Gasteiger partial charge in [0.05, 0.1) is 17.2 Å². The van der Waals surface area contributed by atoms with Gasteiger partial charge in [0.2, 0.25) is 0 Å². The van der Waals surface area contributed by atoms with E-state index in [2.05, 4.69) is 5.16 Å². The minimum absolute atomic E-state index is 0.142. The SMILES string of the molecule is Cc1noc(C)c1COC(=O)[C@@H]1CCCN(C(=O)OC(C)(C)C)C1. The first-order valence-corrected chi connectivity index (χ1v) is 8.23. The van der Waals surface area contributed by atoms with Gasteiger partial charge in [0.15, 0.2) is 0 Å². The topological polar surface area (TPSA) is 81.9 Å². The summed E-state index contributed by atoms with van der Waals surface area (Å²) in [6.45, 7) is 10.1. The summed E-state index contributed by atoms with van der Waals surface area (Å²) in [6.07, 6.45) is 1.08. The van der Waals surface area contributed by atoms with Crippen molar-refractivity contribution in [1.29, 1.82) is 0 Å². The lowest BCUT2D eigenvalue weighted by Crippen LogP contribution is -2.45. The van der Waals surface area contributed by atoms with Gasteiger partial charge >= 0.3 is 12.1 Å². The summed E-state index contributed by atoms with van der Waals surface area (Å²) in [6, 6.07) is 0. The predicted octanol–water partition coefficient (Wildman–Crippen LogP) is 2.98. The number of amides is 1. The van der Waals surface area contributed by atoms with Gasteiger partial charge in [-0.15, -0.1) is 0 Å². The maximum absolute atomic E-state index is 12.3. The Kier molecular flexibility index (Phi) is 5.51. The first-order valence-electron chi connectivity index (χ1n) is 8.23. The highest BCUT2D eigenvalue weighted by atomic mass is 16.6. The highest BCUT2D eigenvalue weighted by Gasteiger charge is 2.32. The summed E-state index contributed by atoms with van der Waals surface area (Å²) in [5, 5.41) is 3.84. The summed E-state index contributed by atoms with van der Waals surface area (Å²) in [4.78, 5) is 26.0. The molecule has 0 bridgehead atoms. The number of hydrogen-bond donors (Lipinski definition) is 0. The van der Waals surface area contributed by atoms with Crippen molar-refractivity contribution in [1.82, 2.24) is 10.1 Å². The maximum atomic E-state index is 12.3. The monoisotopic (exact) mass is 338 g/mol. The van der Waals surface area contributed by atoms with Crippen LogP contribution >= 0.6 is 0 Å². The number of carbonyl (C=O) groups is 2. The fourth-order valence-electron chi connectivity index (χ4n) is 2.63. The molecular formula is C17H26N2O5. The molecule has 1 atom stereocenters. The molecule has 24 heavy (non-hydrogen) atoms. The van der Waals surface area contributed by atoms with E-state index < -0.39 is 5.60 Å². The van der Waals surface area contributed by atoms with Crippen molar-refractivity contribution in [2.75, 3.05) is 13.1 Å². The molecule has 0 unspecified atom stereocenters. The van der Waals surface area contributed by atoms with E-state index in [4.69, 9.17) is 14.0 Å². The van der Waals surface area contributed by atoms with E-state index in [9.17, 15) is 9.59 Å². The molecule has 134 valence electrons. The molecule has 1 aliphatic heterocycles. The molecule has 0 aliphatic carbocycles. The molecule has 7 heteroatoms. The number of likely N-dealkylation sites (tertiary alicyclic amines) is 1. The zero-order valence-corrected chi connectivity index (χ0v) is 15.0. The molecule has 2 heterocycles. The van der Waals surface area contributed by atoms with E-state index in [0.29, 0.717) is 25.3 Å². The largest absolute Gasteiger partial charge is 0.460 e. The van der Waals surface area contributed by atoms with Crippen molar-refractivity contribution in [3.05, 3.63) is 17.0 Å². The third-order valence-electron chi connectivity index (χ3n) is 3.95. The van der Waals surface area contributed by atoms with E-state index in [1.54, 1.807) is 11.8 Å². The van der Waals surface area contributed by atoms with Crippen molar-refractivity contribution in [3.63, 3.8) is 0 Å². The Morgan fingerprint density at radius 3 is 2.62 bits per heavy atom. The second-order valence-electron chi connectivity index (χ2n) is 7.18. The average molecular weight is 338 g/mol. The molecule has 1 saturated heterocycles. The first kappa shape index (κ1) is 18.3. The van der Waals surface area contributed by atoms with Gasteiger partial charge in [0.1, 0.15) is 18.0 Å². The molecule has 7 nitrogen and oxygen atoms in total. The number of esters is 1. The molecule has 1 aliphatic rings. The van der Waals surface area contributed by atoms with Gasteiger partial charge in [-0.25, -0.2) is 4.79 Å². The molecular weight excluding hydrogens is 312 g/mol. The number of hydrogen-bond acceptors (Lipinski definition) is 6. The second-order valence-corrected chi connectivity index (χ2v) is 7.18. The van der Waals surface area contributed by atoms with Crippen molar-refractivity contribution in [3.8, 4) is 0 Å². The lowest BCUT2D eigenvalue weighted by Gasteiger charge is -2.33. The Morgan fingerprint density at radius 1 is 1.33 bits per heavy atom. The van der Waals surface area contributed by atoms with Crippen LogP contribution in [-0.4, -0.2) is 40.8 Å². The third kappa shape index (κ3) is 4.72. The molecule has 1 aromatic rings. The molecule has 0 N–H and O–H groups in total. The lowest BCUT2D eigenvalue weighted by molar-refractivity contribution is -0.151. The molecule has 0 radical (unpaired) electrons. The van der Waals surface area contributed by atoms with Crippen molar-refractivity contribution < 1.29 is 23.6 Å². The minimum Gasteiger partial charge on any atom is -0.460 e. The Hall–Kier alpha value is -2.05. The van der Waals surface area contributed by atoms with Crippen LogP contribution in [0.4, 0.5) is 4.79 Å². The van der Waals surface area contributed by atoms with E-state index in [1.807, 2.05) is 27.7 Å². The van der Waals surface area contributed by atoms with Crippen LogP contribution in [0.5, 0.6) is 0 Å².